The van der Waals surface area contributed by atoms with Crippen molar-refractivity contribution in [2.45, 2.75) is 19.9 Å². The normalized spacial score (nSPS) is 11.4. The second-order valence-corrected chi connectivity index (χ2v) is 7.24. The molecule has 0 N–H and O–H groups in total. The van der Waals surface area contributed by atoms with Crippen molar-refractivity contribution in [3.8, 4) is 11.3 Å². The van der Waals surface area contributed by atoms with Gasteiger partial charge >= 0.3 is 0 Å². The van der Waals surface area contributed by atoms with E-state index in [0.717, 1.165) is 15.8 Å². The van der Waals surface area contributed by atoms with Crippen molar-refractivity contribution in [3.05, 3.63) is 82.4 Å². The summed E-state index contributed by atoms with van der Waals surface area (Å²) in [6.07, 6.45) is 1.47. The molecule has 3 heterocycles. The number of aromatic nitrogens is 3. The monoisotopic (exact) mass is 417 g/mol. The fourth-order valence-electron chi connectivity index (χ4n) is 3.59. The Morgan fingerprint density at radius 2 is 2.03 bits per heavy atom. The molecule has 7 nitrogen and oxygen atoms in total. The molecule has 0 bridgehead atoms. The van der Waals surface area contributed by atoms with Crippen molar-refractivity contribution >= 4 is 27.9 Å². The fourth-order valence-corrected chi connectivity index (χ4v) is 3.59. The van der Waals surface area contributed by atoms with Gasteiger partial charge in [0.05, 0.1) is 11.6 Å². The number of oxazole rings is 1. The number of benzene rings is 2. The Morgan fingerprint density at radius 3 is 2.87 bits per heavy atom. The smallest absolute Gasteiger partial charge is 0.278 e. The summed E-state index contributed by atoms with van der Waals surface area (Å²) in [7, 11) is 0. The number of nitrogens with zero attached hydrogens (tertiary/aromatic N) is 3. The first-order valence-corrected chi connectivity index (χ1v) is 9.60. The molecule has 0 aliphatic heterocycles. The van der Waals surface area contributed by atoms with Crippen LogP contribution in [-0.4, -0.2) is 20.5 Å². The average molecular weight is 417 g/mol. The molecule has 154 valence electrons. The number of fused-ring (bicyclic) bond motifs is 2. The number of ketones is 1. The quantitative estimate of drug-likeness (QED) is 0.428. The van der Waals surface area contributed by atoms with E-state index in [1.807, 2.05) is 0 Å². The van der Waals surface area contributed by atoms with Gasteiger partial charge in [-0.2, -0.15) is 5.10 Å². The number of carbonyl (C=O) groups excluding carboxylic acids is 1. The first kappa shape index (κ1) is 18.9. The number of Topliss-reactive ketones (excluding diaryl/α,β-unsaturated/α-hetero) is 1. The molecule has 0 atom stereocenters. The Labute approximate surface area is 174 Å². The number of halogens is 1. The van der Waals surface area contributed by atoms with Crippen LogP contribution in [0.5, 0.6) is 0 Å². The SMILES string of the molecule is Cc1nc2ccc(CC(=O)Cn3nc(-c4cccc(F)c4)c4occc4c3=O)cc2o1. The minimum atomic E-state index is -0.446. The fraction of sp³-hybridized carbons (Fsp3) is 0.130. The number of furan rings is 1. The summed E-state index contributed by atoms with van der Waals surface area (Å²) < 4.78 is 25.8. The van der Waals surface area contributed by atoms with E-state index in [-0.39, 0.29) is 29.7 Å². The topological polar surface area (TPSA) is 91.1 Å². The van der Waals surface area contributed by atoms with Crippen LogP contribution in [0.3, 0.4) is 0 Å². The third-order valence-corrected chi connectivity index (χ3v) is 4.95. The molecule has 5 rings (SSSR count). The standard InChI is InChI=1S/C23H16FN3O4/c1-13-25-19-6-5-14(10-20(19)31-13)9-17(28)12-27-23(29)18-7-8-30-22(18)21(26-27)15-3-2-4-16(24)11-15/h2-8,10-11H,9,12H2,1H3. The molecule has 0 unspecified atom stereocenters. The van der Waals surface area contributed by atoms with Crippen LogP contribution in [0.25, 0.3) is 33.3 Å². The van der Waals surface area contributed by atoms with Gasteiger partial charge in [-0.15, -0.1) is 0 Å². The molecular weight excluding hydrogens is 401 g/mol. The second-order valence-electron chi connectivity index (χ2n) is 7.24. The molecular formula is C23H16FN3O4. The zero-order valence-electron chi connectivity index (χ0n) is 16.5. The zero-order valence-corrected chi connectivity index (χ0v) is 16.5. The molecule has 0 radical (unpaired) electrons. The highest BCUT2D eigenvalue weighted by atomic mass is 19.1. The molecule has 0 fully saturated rings. The summed E-state index contributed by atoms with van der Waals surface area (Å²) >= 11 is 0. The summed E-state index contributed by atoms with van der Waals surface area (Å²) in [5.74, 6) is -0.100. The number of aryl methyl sites for hydroxylation is 1. The number of rotatable bonds is 5. The van der Waals surface area contributed by atoms with Crippen LogP contribution < -0.4 is 5.56 Å². The lowest BCUT2D eigenvalue weighted by molar-refractivity contribution is -0.119. The largest absolute Gasteiger partial charge is 0.462 e. The van der Waals surface area contributed by atoms with Gasteiger partial charge in [-0.1, -0.05) is 18.2 Å². The summed E-state index contributed by atoms with van der Waals surface area (Å²) in [6, 6.07) is 12.7. The van der Waals surface area contributed by atoms with Crippen molar-refractivity contribution in [3.63, 3.8) is 0 Å². The molecule has 0 spiro atoms. The lowest BCUT2D eigenvalue weighted by atomic mass is 10.1. The highest BCUT2D eigenvalue weighted by molar-refractivity contribution is 5.89. The van der Waals surface area contributed by atoms with Crippen LogP contribution in [0.4, 0.5) is 4.39 Å². The van der Waals surface area contributed by atoms with Gasteiger partial charge in [-0.25, -0.2) is 14.1 Å². The van der Waals surface area contributed by atoms with Crippen LogP contribution in [0, 0.1) is 12.7 Å². The highest BCUT2D eigenvalue weighted by Gasteiger charge is 2.17. The van der Waals surface area contributed by atoms with E-state index in [4.69, 9.17) is 8.83 Å². The van der Waals surface area contributed by atoms with Gasteiger partial charge in [0, 0.05) is 18.9 Å². The van der Waals surface area contributed by atoms with Crippen molar-refractivity contribution in [2.24, 2.45) is 0 Å². The lowest BCUT2D eigenvalue weighted by Gasteiger charge is -2.08. The molecule has 0 aliphatic carbocycles. The van der Waals surface area contributed by atoms with E-state index >= 15 is 0 Å². The van der Waals surface area contributed by atoms with Crippen molar-refractivity contribution in [2.75, 3.05) is 0 Å². The van der Waals surface area contributed by atoms with Crippen molar-refractivity contribution < 1.29 is 18.0 Å². The van der Waals surface area contributed by atoms with E-state index in [9.17, 15) is 14.0 Å². The van der Waals surface area contributed by atoms with Crippen LogP contribution >= 0.6 is 0 Å². The number of carbonyl (C=O) groups is 1. The van der Waals surface area contributed by atoms with E-state index in [0.29, 0.717) is 22.7 Å². The predicted molar refractivity (Wildman–Crippen MR) is 111 cm³/mol. The van der Waals surface area contributed by atoms with Crippen molar-refractivity contribution in [1.82, 2.24) is 14.8 Å². The molecule has 0 amide bonds. The molecule has 2 aromatic carbocycles. The van der Waals surface area contributed by atoms with E-state index in [2.05, 4.69) is 10.1 Å². The maximum absolute atomic E-state index is 13.7. The maximum Gasteiger partial charge on any atom is 0.278 e. The van der Waals surface area contributed by atoms with Crippen LogP contribution in [0.15, 0.2) is 68.4 Å². The molecule has 8 heteroatoms. The van der Waals surface area contributed by atoms with Crippen molar-refractivity contribution in [1.29, 1.82) is 0 Å². The minimum Gasteiger partial charge on any atom is -0.462 e. The van der Waals surface area contributed by atoms with Crippen LogP contribution in [-0.2, 0) is 17.8 Å². The zero-order chi connectivity index (χ0) is 21.5. The number of hydrogen-bond acceptors (Lipinski definition) is 6. The summed E-state index contributed by atoms with van der Waals surface area (Å²) in [6.45, 7) is 1.53. The van der Waals surface area contributed by atoms with Gasteiger partial charge < -0.3 is 8.83 Å². The molecule has 0 saturated carbocycles. The molecule has 0 saturated heterocycles. The van der Waals surface area contributed by atoms with Gasteiger partial charge in [0.2, 0.25) is 0 Å². The lowest BCUT2D eigenvalue weighted by Crippen LogP contribution is -2.27. The van der Waals surface area contributed by atoms with Gasteiger partial charge in [-0.3, -0.25) is 9.59 Å². The van der Waals surface area contributed by atoms with E-state index in [1.54, 1.807) is 37.3 Å². The Morgan fingerprint density at radius 1 is 1.16 bits per heavy atom. The molecule has 0 aliphatic rings. The Hall–Kier alpha value is -4.07. The molecule has 31 heavy (non-hydrogen) atoms. The summed E-state index contributed by atoms with van der Waals surface area (Å²) in [5, 5.41) is 4.59. The third kappa shape index (κ3) is 3.52. The number of hydrogen-bond donors (Lipinski definition) is 0. The van der Waals surface area contributed by atoms with E-state index < -0.39 is 11.4 Å². The van der Waals surface area contributed by atoms with Gasteiger partial charge in [0.25, 0.3) is 5.56 Å². The third-order valence-electron chi connectivity index (χ3n) is 4.95. The van der Waals surface area contributed by atoms with Gasteiger partial charge in [-0.05, 0) is 35.9 Å². The molecule has 3 aromatic heterocycles. The Balaban J connectivity index is 1.48. The minimum absolute atomic E-state index is 0.0997. The van der Waals surface area contributed by atoms with E-state index in [1.165, 1.54) is 24.5 Å². The summed E-state index contributed by atoms with van der Waals surface area (Å²) in [5.41, 5.74) is 2.63. The second kappa shape index (κ2) is 7.32. The highest BCUT2D eigenvalue weighted by Crippen LogP contribution is 2.26. The van der Waals surface area contributed by atoms with Crippen LogP contribution in [0.1, 0.15) is 11.5 Å². The maximum atomic E-state index is 13.7. The Bertz CT molecular complexity index is 1510. The average Bonchev–Trinajstić information content (AvgIpc) is 3.36. The van der Waals surface area contributed by atoms with Gasteiger partial charge in [0.1, 0.15) is 23.6 Å². The van der Waals surface area contributed by atoms with Gasteiger partial charge in [0.15, 0.2) is 22.8 Å². The van der Waals surface area contributed by atoms with Crippen LogP contribution in [0.2, 0.25) is 0 Å². The molecule has 5 aromatic rings. The first-order chi connectivity index (χ1) is 15.0. The summed E-state index contributed by atoms with van der Waals surface area (Å²) in [4.78, 5) is 29.8. The first-order valence-electron chi connectivity index (χ1n) is 9.60. The predicted octanol–water partition coefficient (Wildman–Crippen LogP) is 4.06. The Kier molecular flexibility index (Phi) is 4.47.